The van der Waals surface area contributed by atoms with Crippen LogP contribution >= 0.6 is 11.6 Å². The van der Waals surface area contributed by atoms with Gasteiger partial charge >= 0.3 is 0 Å². The van der Waals surface area contributed by atoms with Gasteiger partial charge in [-0.05, 0) is 30.3 Å². The second kappa shape index (κ2) is 6.57. The number of anilines is 2. The molecule has 0 atom stereocenters. The number of hydrazone groups is 1. The van der Waals surface area contributed by atoms with Gasteiger partial charge in [0.05, 0.1) is 17.6 Å². The van der Waals surface area contributed by atoms with Crippen LogP contribution in [0.5, 0.6) is 0 Å². The molecule has 0 spiro atoms. The highest BCUT2D eigenvalue weighted by Gasteiger charge is 2.27. The van der Waals surface area contributed by atoms with Gasteiger partial charge in [-0.2, -0.15) is 5.10 Å². The van der Waals surface area contributed by atoms with E-state index in [9.17, 15) is 4.39 Å². The Morgan fingerprint density at radius 1 is 1.23 bits per heavy atom. The number of pyridine rings is 1. The van der Waals surface area contributed by atoms with E-state index in [-0.39, 0.29) is 18.2 Å². The molecule has 0 saturated carbocycles. The Kier molecular flexibility index (Phi) is 4.10. The molecule has 3 aromatic rings. The summed E-state index contributed by atoms with van der Waals surface area (Å²) in [5, 5.41) is 4.63. The summed E-state index contributed by atoms with van der Waals surface area (Å²) in [6, 6.07) is 7.97. The molecule has 9 heteroatoms. The topological polar surface area (TPSA) is 92.3 Å². The summed E-state index contributed by atoms with van der Waals surface area (Å²) in [6.45, 7) is 0.255. The Labute approximate surface area is 153 Å². The fourth-order valence-electron chi connectivity index (χ4n) is 2.61. The van der Waals surface area contributed by atoms with Gasteiger partial charge in [-0.1, -0.05) is 11.6 Å². The van der Waals surface area contributed by atoms with E-state index in [1.54, 1.807) is 29.6 Å². The summed E-state index contributed by atoms with van der Waals surface area (Å²) in [6.07, 6.45) is 4.90. The number of benzene rings is 1. The molecule has 130 valence electrons. The third kappa shape index (κ3) is 2.91. The van der Waals surface area contributed by atoms with Crippen molar-refractivity contribution in [3.8, 4) is 11.3 Å². The Balaban J connectivity index is 1.78. The first-order valence-corrected chi connectivity index (χ1v) is 8.07. The summed E-state index contributed by atoms with van der Waals surface area (Å²) in [4.78, 5) is 14.4. The Morgan fingerprint density at radius 2 is 2.12 bits per heavy atom. The van der Waals surface area contributed by atoms with Crippen molar-refractivity contribution in [1.82, 2.24) is 20.4 Å². The van der Waals surface area contributed by atoms with Gasteiger partial charge in [0.1, 0.15) is 12.5 Å². The minimum Gasteiger partial charge on any atom is -0.382 e. The van der Waals surface area contributed by atoms with Gasteiger partial charge in [-0.3, -0.25) is 10.4 Å². The lowest BCUT2D eigenvalue weighted by Crippen LogP contribution is -2.32. The van der Waals surface area contributed by atoms with Crippen molar-refractivity contribution in [3.63, 3.8) is 0 Å². The van der Waals surface area contributed by atoms with Crippen LogP contribution in [0.3, 0.4) is 0 Å². The fourth-order valence-corrected chi connectivity index (χ4v) is 2.77. The smallest absolute Gasteiger partial charge is 0.184 e. The minimum atomic E-state index is -0.430. The molecular formula is C17H13ClFN7. The van der Waals surface area contributed by atoms with Gasteiger partial charge in [-0.25, -0.2) is 14.4 Å². The van der Waals surface area contributed by atoms with Gasteiger partial charge in [0.25, 0.3) is 0 Å². The first-order valence-electron chi connectivity index (χ1n) is 7.70. The number of hydrogen-bond donors (Lipinski definition) is 2. The molecule has 3 heterocycles. The highest BCUT2D eigenvalue weighted by atomic mass is 35.5. The van der Waals surface area contributed by atoms with Crippen molar-refractivity contribution in [2.75, 3.05) is 17.3 Å². The third-order valence-electron chi connectivity index (χ3n) is 3.84. The van der Waals surface area contributed by atoms with E-state index in [1.165, 1.54) is 18.2 Å². The van der Waals surface area contributed by atoms with E-state index >= 15 is 0 Å². The van der Waals surface area contributed by atoms with E-state index in [4.69, 9.17) is 17.3 Å². The number of amidine groups is 1. The number of aromatic nitrogens is 3. The summed E-state index contributed by atoms with van der Waals surface area (Å²) in [5.41, 5.74) is 10.8. The van der Waals surface area contributed by atoms with Crippen LogP contribution in [0.4, 0.5) is 15.9 Å². The molecule has 0 fully saturated rings. The van der Waals surface area contributed by atoms with Crippen molar-refractivity contribution in [2.45, 2.75) is 0 Å². The molecule has 0 bridgehead atoms. The van der Waals surface area contributed by atoms with Crippen LogP contribution in [0.2, 0.25) is 5.02 Å². The molecule has 1 aliphatic rings. The second-order valence-corrected chi connectivity index (χ2v) is 5.94. The Morgan fingerprint density at radius 3 is 2.92 bits per heavy atom. The van der Waals surface area contributed by atoms with E-state index < -0.39 is 5.82 Å². The molecule has 0 saturated heterocycles. The first kappa shape index (κ1) is 16.2. The molecule has 1 aliphatic heterocycles. The van der Waals surface area contributed by atoms with Gasteiger partial charge < -0.3 is 10.6 Å². The van der Waals surface area contributed by atoms with Gasteiger partial charge in [0.15, 0.2) is 17.3 Å². The van der Waals surface area contributed by atoms with Crippen molar-refractivity contribution < 1.29 is 4.39 Å². The molecule has 7 nitrogen and oxygen atoms in total. The molecule has 0 unspecified atom stereocenters. The SMILES string of the molecule is Nc1ncc(-c2cccnc2)nc1C1=NNCN1c1cc(Cl)ccc1F. The lowest BCUT2D eigenvalue weighted by molar-refractivity contribution is 0.625. The van der Waals surface area contributed by atoms with Crippen molar-refractivity contribution in [1.29, 1.82) is 0 Å². The van der Waals surface area contributed by atoms with Crippen molar-refractivity contribution in [3.05, 3.63) is 65.5 Å². The Hall–Kier alpha value is -3.26. The van der Waals surface area contributed by atoms with Gasteiger partial charge in [-0.15, -0.1) is 0 Å². The van der Waals surface area contributed by atoms with Crippen LogP contribution in [0, 0.1) is 5.82 Å². The lowest BCUT2D eigenvalue weighted by Gasteiger charge is -2.20. The van der Waals surface area contributed by atoms with Gasteiger partial charge in [0.2, 0.25) is 0 Å². The second-order valence-electron chi connectivity index (χ2n) is 5.51. The summed E-state index contributed by atoms with van der Waals surface area (Å²) < 4.78 is 14.3. The maximum atomic E-state index is 14.3. The maximum absolute atomic E-state index is 14.3. The number of nitrogens with one attached hydrogen (secondary N) is 1. The molecule has 0 radical (unpaired) electrons. The zero-order chi connectivity index (χ0) is 18.1. The number of halogens is 2. The predicted molar refractivity (Wildman–Crippen MR) is 98.1 cm³/mol. The zero-order valence-electron chi connectivity index (χ0n) is 13.4. The largest absolute Gasteiger partial charge is 0.382 e. The van der Waals surface area contributed by atoms with Crippen molar-refractivity contribution in [2.24, 2.45) is 5.10 Å². The van der Waals surface area contributed by atoms with Crippen LogP contribution in [-0.4, -0.2) is 27.5 Å². The highest BCUT2D eigenvalue weighted by molar-refractivity contribution is 6.31. The first-order chi connectivity index (χ1) is 12.6. The lowest BCUT2D eigenvalue weighted by atomic mass is 10.2. The van der Waals surface area contributed by atoms with E-state index in [1.807, 2.05) is 6.07 Å². The average molecular weight is 370 g/mol. The number of rotatable bonds is 3. The number of nitrogen functional groups attached to an aromatic ring is 1. The quantitative estimate of drug-likeness (QED) is 0.737. The van der Waals surface area contributed by atoms with Crippen LogP contribution in [-0.2, 0) is 0 Å². The molecular weight excluding hydrogens is 357 g/mol. The molecule has 3 N–H and O–H groups in total. The zero-order valence-corrected chi connectivity index (χ0v) is 14.2. The van der Waals surface area contributed by atoms with Crippen LogP contribution in [0.25, 0.3) is 11.3 Å². The summed E-state index contributed by atoms with van der Waals surface area (Å²) in [7, 11) is 0. The standard InChI is InChI=1S/C17H13ClFN7/c18-11-3-4-12(19)14(6-11)26-9-23-25-17(26)15-16(20)22-8-13(24-15)10-2-1-5-21-7-10/h1-8,23H,9H2,(H2,20,22). The normalized spacial score (nSPS) is 13.5. The molecule has 1 aromatic carbocycles. The molecule has 0 amide bonds. The average Bonchev–Trinajstić information content (AvgIpc) is 3.14. The minimum absolute atomic E-state index is 0.188. The molecule has 4 rings (SSSR count). The molecule has 0 aliphatic carbocycles. The number of nitrogens with zero attached hydrogens (tertiary/aromatic N) is 5. The molecule has 2 aromatic heterocycles. The number of hydrogen-bond acceptors (Lipinski definition) is 7. The monoisotopic (exact) mass is 369 g/mol. The van der Waals surface area contributed by atoms with E-state index in [0.717, 1.165) is 5.56 Å². The predicted octanol–water partition coefficient (Wildman–Crippen LogP) is 2.64. The number of nitrogens with two attached hydrogens (primary N) is 1. The van der Waals surface area contributed by atoms with Gasteiger partial charge in [0, 0.05) is 23.0 Å². The molecule has 26 heavy (non-hydrogen) atoms. The van der Waals surface area contributed by atoms with Crippen LogP contribution in [0.15, 0.2) is 54.0 Å². The third-order valence-corrected chi connectivity index (χ3v) is 4.07. The highest BCUT2D eigenvalue weighted by Crippen LogP contribution is 2.27. The van der Waals surface area contributed by atoms with E-state index in [0.29, 0.717) is 22.2 Å². The van der Waals surface area contributed by atoms with Crippen LogP contribution < -0.4 is 16.1 Å². The summed E-state index contributed by atoms with van der Waals surface area (Å²) >= 11 is 6.01. The van der Waals surface area contributed by atoms with Crippen molar-refractivity contribution >= 4 is 28.9 Å². The fraction of sp³-hybridized carbons (Fsp3) is 0.0588. The summed E-state index contributed by atoms with van der Waals surface area (Å²) in [5.74, 6) is 0.121. The van der Waals surface area contributed by atoms with Crippen LogP contribution in [0.1, 0.15) is 5.69 Å². The Bertz CT molecular complexity index is 994. The maximum Gasteiger partial charge on any atom is 0.184 e. The van der Waals surface area contributed by atoms with E-state index in [2.05, 4.69) is 25.5 Å².